The Morgan fingerprint density at radius 3 is 2.62 bits per heavy atom. The van der Waals surface area contributed by atoms with E-state index in [-0.39, 0.29) is 10.6 Å². The van der Waals surface area contributed by atoms with E-state index >= 15 is 0 Å². The third-order valence-corrected chi connectivity index (χ3v) is 5.15. The van der Waals surface area contributed by atoms with Gasteiger partial charge in [0, 0.05) is 30.5 Å². The lowest BCUT2D eigenvalue weighted by Crippen LogP contribution is -2.37. The number of nitrogens with zero attached hydrogens (tertiary/aromatic N) is 3. The van der Waals surface area contributed by atoms with E-state index in [4.69, 9.17) is 4.99 Å². The zero-order valence-electron chi connectivity index (χ0n) is 15.2. The van der Waals surface area contributed by atoms with Crippen molar-refractivity contribution in [1.82, 2.24) is 4.90 Å². The minimum absolute atomic E-state index is 0.0945. The number of hydrogen-bond donors (Lipinski definition) is 0. The van der Waals surface area contributed by atoms with E-state index in [1.54, 1.807) is 23.9 Å². The monoisotopic (exact) mass is 349 g/mol. The smallest absolute Gasteiger partial charge is 0.271 e. The van der Waals surface area contributed by atoms with E-state index in [0.29, 0.717) is 23.6 Å². The number of nitro groups is 1. The first-order valence-electron chi connectivity index (χ1n) is 8.51. The van der Waals surface area contributed by atoms with Gasteiger partial charge in [-0.05, 0) is 30.7 Å². The van der Waals surface area contributed by atoms with Gasteiger partial charge in [-0.15, -0.1) is 0 Å². The van der Waals surface area contributed by atoms with Crippen molar-refractivity contribution >= 4 is 28.3 Å². The van der Waals surface area contributed by atoms with Gasteiger partial charge in [-0.25, -0.2) is 4.99 Å². The number of amidine groups is 1. The molecule has 2 rings (SSSR count). The molecule has 1 atom stereocenters. The molecule has 0 bridgehead atoms. The number of rotatable bonds is 6. The maximum absolute atomic E-state index is 11.0. The number of non-ortho nitro benzene ring substituents is 1. The molecule has 6 heteroatoms. The molecular formula is C18H27N3O2S. The molecule has 132 valence electrons. The van der Waals surface area contributed by atoms with E-state index in [0.717, 1.165) is 29.4 Å². The summed E-state index contributed by atoms with van der Waals surface area (Å²) in [5, 5.41) is 12.0. The predicted molar refractivity (Wildman–Crippen MR) is 102 cm³/mol. The molecule has 1 aliphatic heterocycles. The fourth-order valence-electron chi connectivity index (χ4n) is 2.89. The van der Waals surface area contributed by atoms with Crippen LogP contribution in [0.3, 0.4) is 0 Å². The van der Waals surface area contributed by atoms with Crippen molar-refractivity contribution in [2.75, 3.05) is 12.3 Å². The maximum atomic E-state index is 11.0. The summed E-state index contributed by atoms with van der Waals surface area (Å²) in [4.78, 5) is 17.9. The number of benzene rings is 1. The van der Waals surface area contributed by atoms with E-state index in [2.05, 4.69) is 32.6 Å². The average Bonchev–Trinajstić information content (AvgIpc) is 2.82. The molecule has 1 aromatic rings. The normalized spacial score (nSPS) is 19.7. The lowest BCUT2D eigenvalue weighted by atomic mass is 10.0. The van der Waals surface area contributed by atoms with Crippen LogP contribution >= 0.6 is 11.8 Å². The minimum Gasteiger partial charge on any atom is -0.347 e. The summed E-state index contributed by atoms with van der Waals surface area (Å²) in [6, 6.07) is 5.38. The van der Waals surface area contributed by atoms with Gasteiger partial charge in [0.1, 0.15) is 0 Å². The molecule has 0 spiro atoms. The third kappa shape index (κ3) is 4.72. The molecule has 1 fully saturated rings. The molecule has 1 saturated heterocycles. The van der Waals surface area contributed by atoms with Crippen LogP contribution in [0.5, 0.6) is 0 Å². The van der Waals surface area contributed by atoms with E-state index in [1.165, 1.54) is 6.07 Å². The Bertz CT molecular complexity index is 629. The standard InChI is InChI=1S/C18H27N3O2S/c1-12(2)8-16-11-24-18(20(16)10-13(3)4)19-17-9-15(21(22)23)7-6-14(17)5/h6-7,9,12-13,16H,8,10-11H2,1-5H3/t16-/m1/s1. The van der Waals surface area contributed by atoms with Crippen molar-refractivity contribution in [2.45, 2.75) is 47.1 Å². The number of thioether (sulfide) groups is 1. The van der Waals surface area contributed by atoms with Crippen LogP contribution in [-0.2, 0) is 0 Å². The molecule has 1 aliphatic rings. The summed E-state index contributed by atoms with van der Waals surface area (Å²) in [5.41, 5.74) is 1.76. The summed E-state index contributed by atoms with van der Waals surface area (Å²) in [5.74, 6) is 2.23. The average molecular weight is 350 g/mol. The van der Waals surface area contributed by atoms with Gasteiger partial charge in [0.05, 0.1) is 10.6 Å². The topological polar surface area (TPSA) is 58.7 Å². The summed E-state index contributed by atoms with van der Waals surface area (Å²) < 4.78 is 0. The zero-order chi connectivity index (χ0) is 17.9. The van der Waals surface area contributed by atoms with Crippen LogP contribution in [0.1, 0.15) is 39.7 Å². The van der Waals surface area contributed by atoms with E-state index in [1.807, 2.05) is 6.92 Å². The largest absolute Gasteiger partial charge is 0.347 e. The molecule has 0 aliphatic carbocycles. The number of aliphatic imine (C=N–C) groups is 1. The zero-order valence-corrected chi connectivity index (χ0v) is 16.0. The number of aryl methyl sites for hydroxylation is 1. The first-order valence-corrected chi connectivity index (χ1v) is 9.49. The van der Waals surface area contributed by atoms with Crippen LogP contribution in [0.15, 0.2) is 23.2 Å². The molecule has 0 N–H and O–H groups in total. The second-order valence-electron chi connectivity index (χ2n) is 7.26. The van der Waals surface area contributed by atoms with E-state index in [9.17, 15) is 10.1 Å². The van der Waals surface area contributed by atoms with Crippen molar-refractivity contribution in [3.05, 3.63) is 33.9 Å². The fourth-order valence-corrected chi connectivity index (χ4v) is 4.10. The molecule has 1 heterocycles. The highest BCUT2D eigenvalue weighted by molar-refractivity contribution is 8.14. The van der Waals surface area contributed by atoms with Gasteiger partial charge >= 0.3 is 0 Å². The molecule has 0 radical (unpaired) electrons. The van der Waals surface area contributed by atoms with Crippen molar-refractivity contribution in [2.24, 2.45) is 16.8 Å². The van der Waals surface area contributed by atoms with Crippen molar-refractivity contribution in [3.8, 4) is 0 Å². The Balaban J connectivity index is 2.32. The number of nitro benzene ring substituents is 1. The van der Waals surface area contributed by atoms with Crippen LogP contribution in [-0.4, -0.2) is 33.3 Å². The van der Waals surface area contributed by atoms with Crippen molar-refractivity contribution in [1.29, 1.82) is 0 Å². The summed E-state index contributed by atoms with van der Waals surface area (Å²) in [6.45, 7) is 11.8. The molecule has 1 aromatic carbocycles. The fraction of sp³-hybridized carbons (Fsp3) is 0.611. The van der Waals surface area contributed by atoms with Gasteiger partial charge in [-0.2, -0.15) is 0 Å². The predicted octanol–water partition coefficient (Wildman–Crippen LogP) is 5.01. The van der Waals surface area contributed by atoms with Crippen LogP contribution in [0.25, 0.3) is 0 Å². The molecular weight excluding hydrogens is 322 g/mol. The highest BCUT2D eigenvalue weighted by Crippen LogP contribution is 2.33. The SMILES string of the molecule is Cc1ccc([N+](=O)[O-])cc1N=C1SC[C@@H](CC(C)C)N1CC(C)C. The summed E-state index contributed by atoms with van der Waals surface area (Å²) in [6.07, 6.45) is 1.15. The molecule has 0 unspecified atom stereocenters. The highest BCUT2D eigenvalue weighted by atomic mass is 32.2. The highest BCUT2D eigenvalue weighted by Gasteiger charge is 2.31. The van der Waals surface area contributed by atoms with Gasteiger partial charge in [0.15, 0.2) is 5.17 Å². The Kier molecular flexibility index (Phi) is 6.27. The third-order valence-electron chi connectivity index (χ3n) is 4.02. The Labute approximate surface area is 148 Å². The van der Waals surface area contributed by atoms with E-state index < -0.39 is 0 Å². The van der Waals surface area contributed by atoms with Crippen LogP contribution in [0.4, 0.5) is 11.4 Å². The first-order chi connectivity index (χ1) is 11.3. The van der Waals surface area contributed by atoms with Crippen LogP contribution in [0.2, 0.25) is 0 Å². The van der Waals surface area contributed by atoms with Crippen LogP contribution in [0, 0.1) is 28.9 Å². The summed E-state index contributed by atoms with van der Waals surface area (Å²) >= 11 is 1.77. The quantitative estimate of drug-likeness (QED) is 0.535. The van der Waals surface area contributed by atoms with Crippen molar-refractivity contribution < 1.29 is 4.92 Å². The second kappa shape index (κ2) is 8.01. The summed E-state index contributed by atoms with van der Waals surface area (Å²) in [7, 11) is 0. The van der Waals surface area contributed by atoms with Gasteiger partial charge in [-0.3, -0.25) is 10.1 Å². The number of hydrogen-bond acceptors (Lipinski definition) is 4. The van der Waals surface area contributed by atoms with Gasteiger partial charge in [0.25, 0.3) is 5.69 Å². The van der Waals surface area contributed by atoms with Crippen molar-refractivity contribution in [3.63, 3.8) is 0 Å². The Morgan fingerprint density at radius 2 is 2.04 bits per heavy atom. The van der Waals surface area contributed by atoms with Gasteiger partial charge in [-0.1, -0.05) is 45.5 Å². The lowest BCUT2D eigenvalue weighted by molar-refractivity contribution is -0.384. The molecule has 0 amide bonds. The Hall–Kier alpha value is -1.56. The Morgan fingerprint density at radius 1 is 1.33 bits per heavy atom. The maximum Gasteiger partial charge on any atom is 0.271 e. The minimum atomic E-state index is -0.363. The molecule has 24 heavy (non-hydrogen) atoms. The van der Waals surface area contributed by atoms with Crippen LogP contribution < -0.4 is 0 Å². The van der Waals surface area contributed by atoms with Gasteiger partial charge in [0.2, 0.25) is 0 Å². The molecule has 5 nitrogen and oxygen atoms in total. The molecule has 0 saturated carbocycles. The second-order valence-corrected chi connectivity index (χ2v) is 8.25. The molecule has 0 aromatic heterocycles. The first kappa shape index (κ1) is 18.8. The lowest BCUT2D eigenvalue weighted by Gasteiger charge is -2.28. The van der Waals surface area contributed by atoms with Gasteiger partial charge < -0.3 is 4.90 Å².